The normalized spacial score (nSPS) is 20.0. The maximum absolute atomic E-state index is 13.4. The Hall–Kier alpha value is -3.15. The minimum atomic E-state index is -0.773. The highest BCUT2D eigenvalue weighted by molar-refractivity contribution is 6.22. The van der Waals surface area contributed by atoms with Crippen molar-refractivity contribution in [1.29, 1.82) is 0 Å². The van der Waals surface area contributed by atoms with Gasteiger partial charge in [-0.2, -0.15) is 0 Å². The number of amides is 4. The van der Waals surface area contributed by atoms with Crippen LogP contribution in [0.1, 0.15) is 44.1 Å². The van der Waals surface area contributed by atoms with E-state index in [0.717, 1.165) is 37.7 Å². The summed E-state index contributed by atoms with van der Waals surface area (Å²) >= 11 is 0. The number of urea groups is 1. The average Bonchev–Trinajstić information content (AvgIpc) is 2.99. The zero-order valence-corrected chi connectivity index (χ0v) is 17.2. The molecule has 2 fully saturated rings. The summed E-state index contributed by atoms with van der Waals surface area (Å²) in [6.45, 7) is 1.96. The number of hydrogen-bond donors (Lipinski definition) is 1. The third-order valence-corrected chi connectivity index (χ3v) is 5.95. The fourth-order valence-electron chi connectivity index (χ4n) is 4.41. The van der Waals surface area contributed by atoms with Gasteiger partial charge in [-0.1, -0.05) is 55.2 Å². The van der Waals surface area contributed by atoms with Crippen LogP contribution in [-0.4, -0.2) is 34.8 Å². The molecule has 1 heterocycles. The number of aryl methyl sites for hydroxylation is 1. The Balaban J connectivity index is 1.59. The van der Waals surface area contributed by atoms with Crippen LogP contribution in [0.4, 0.5) is 16.2 Å². The summed E-state index contributed by atoms with van der Waals surface area (Å²) in [7, 11) is 0. The summed E-state index contributed by atoms with van der Waals surface area (Å²) in [6, 6.07) is 15.4. The zero-order valence-electron chi connectivity index (χ0n) is 17.2. The van der Waals surface area contributed by atoms with Gasteiger partial charge in [-0.25, -0.2) is 9.69 Å². The highest BCUT2D eigenvalue weighted by Gasteiger charge is 2.49. The first-order valence-electron chi connectivity index (χ1n) is 10.6. The van der Waals surface area contributed by atoms with E-state index in [9.17, 15) is 14.4 Å². The van der Waals surface area contributed by atoms with Crippen molar-refractivity contribution < 1.29 is 14.4 Å². The monoisotopic (exact) mass is 405 g/mol. The summed E-state index contributed by atoms with van der Waals surface area (Å²) in [5, 5.41) is 2.84. The maximum Gasteiger partial charge on any atom is 0.332 e. The number of anilines is 2. The molecule has 2 aromatic rings. The number of nitrogens with zero attached hydrogens (tertiary/aromatic N) is 2. The van der Waals surface area contributed by atoms with Gasteiger partial charge in [0.25, 0.3) is 5.91 Å². The highest BCUT2D eigenvalue weighted by Crippen LogP contribution is 2.33. The minimum Gasteiger partial charge on any atom is -0.326 e. The third kappa shape index (κ3) is 4.08. The molecule has 1 unspecified atom stereocenters. The van der Waals surface area contributed by atoms with Gasteiger partial charge in [0.1, 0.15) is 6.04 Å². The molecule has 1 aliphatic carbocycles. The first-order chi connectivity index (χ1) is 14.5. The van der Waals surface area contributed by atoms with Gasteiger partial charge in [-0.05, 0) is 44.0 Å². The molecule has 6 nitrogen and oxygen atoms in total. The number of nitrogens with one attached hydrogen (secondary N) is 1. The van der Waals surface area contributed by atoms with E-state index >= 15 is 0 Å². The molecule has 4 rings (SSSR count). The third-order valence-electron chi connectivity index (χ3n) is 5.95. The van der Waals surface area contributed by atoms with Crippen LogP contribution in [0, 0.1) is 6.92 Å². The van der Waals surface area contributed by atoms with E-state index in [0.29, 0.717) is 11.4 Å². The van der Waals surface area contributed by atoms with Crippen LogP contribution in [0.25, 0.3) is 0 Å². The van der Waals surface area contributed by atoms with Gasteiger partial charge in [0.05, 0.1) is 12.1 Å². The van der Waals surface area contributed by atoms with E-state index < -0.39 is 6.04 Å². The molecule has 0 spiro atoms. The predicted molar refractivity (Wildman–Crippen MR) is 116 cm³/mol. The number of hydrogen-bond acceptors (Lipinski definition) is 3. The molecule has 1 aliphatic heterocycles. The Morgan fingerprint density at radius 2 is 1.63 bits per heavy atom. The fraction of sp³-hybridized carbons (Fsp3) is 0.375. The van der Waals surface area contributed by atoms with Crippen molar-refractivity contribution in [3.05, 3.63) is 60.2 Å². The lowest BCUT2D eigenvalue weighted by Gasteiger charge is -2.33. The van der Waals surface area contributed by atoms with Gasteiger partial charge in [0, 0.05) is 11.7 Å². The van der Waals surface area contributed by atoms with Crippen LogP contribution >= 0.6 is 0 Å². The Kier molecular flexibility index (Phi) is 5.84. The summed E-state index contributed by atoms with van der Waals surface area (Å²) in [5.74, 6) is -0.587. The van der Waals surface area contributed by atoms with Crippen LogP contribution in [0.3, 0.4) is 0 Å². The highest BCUT2D eigenvalue weighted by atomic mass is 16.2. The van der Waals surface area contributed by atoms with Gasteiger partial charge in [-0.15, -0.1) is 0 Å². The number of carbonyl (C=O) groups is 3. The van der Waals surface area contributed by atoms with Crippen molar-refractivity contribution >= 4 is 29.2 Å². The van der Waals surface area contributed by atoms with Crippen molar-refractivity contribution in [1.82, 2.24) is 4.90 Å². The smallest absolute Gasteiger partial charge is 0.326 e. The first-order valence-corrected chi connectivity index (χ1v) is 10.6. The van der Waals surface area contributed by atoms with Gasteiger partial charge in [-0.3, -0.25) is 9.59 Å². The molecule has 2 aliphatic rings. The van der Waals surface area contributed by atoms with Gasteiger partial charge >= 0.3 is 6.03 Å². The van der Waals surface area contributed by atoms with Crippen molar-refractivity contribution in [3.63, 3.8) is 0 Å². The lowest BCUT2D eigenvalue weighted by atomic mass is 9.93. The van der Waals surface area contributed by atoms with Crippen LogP contribution in [0.2, 0.25) is 0 Å². The Labute approximate surface area is 176 Å². The van der Waals surface area contributed by atoms with Gasteiger partial charge in [0.2, 0.25) is 5.91 Å². The van der Waals surface area contributed by atoms with Crippen LogP contribution in [0.15, 0.2) is 54.6 Å². The Morgan fingerprint density at radius 1 is 0.967 bits per heavy atom. The summed E-state index contributed by atoms with van der Waals surface area (Å²) in [6.07, 6.45) is 4.92. The predicted octanol–water partition coefficient (Wildman–Crippen LogP) is 4.49. The molecule has 2 aromatic carbocycles. The quantitative estimate of drug-likeness (QED) is 0.745. The minimum absolute atomic E-state index is 0.000161. The molecule has 0 bridgehead atoms. The molecule has 4 amide bonds. The van der Waals surface area contributed by atoms with Gasteiger partial charge < -0.3 is 10.2 Å². The lowest BCUT2D eigenvalue weighted by Crippen LogP contribution is -2.45. The molecule has 30 heavy (non-hydrogen) atoms. The second-order valence-corrected chi connectivity index (χ2v) is 8.12. The number of carbonyl (C=O) groups excluding carboxylic acids is 3. The van der Waals surface area contributed by atoms with Gasteiger partial charge in [0.15, 0.2) is 0 Å². The largest absolute Gasteiger partial charge is 0.332 e. The second kappa shape index (κ2) is 8.69. The van der Waals surface area contributed by atoms with Crippen molar-refractivity contribution in [3.8, 4) is 0 Å². The number of benzene rings is 2. The molecule has 0 aromatic heterocycles. The number of imide groups is 1. The zero-order chi connectivity index (χ0) is 21.1. The average molecular weight is 405 g/mol. The number of para-hydroxylation sites is 1. The summed E-state index contributed by atoms with van der Waals surface area (Å²) in [5.41, 5.74) is 2.29. The summed E-state index contributed by atoms with van der Waals surface area (Å²) < 4.78 is 0. The van der Waals surface area contributed by atoms with Crippen LogP contribution < -0.4 is 10.2 Å². The van der Waals surface area contributed by atoms with Crippen molar-refractivity contribution in [2.75, 3.05) is 10.2 Å². The fourth-order valence-corrected chi connectivity index (χ4v) is 4.41. The first kappa shape index (κ1) is 20.1. The topological polar surface area (TPSA) is 69.7 Å². The molecule has 1 saturated heterocycles. The molecule has 0 radical (unpaired) electrons. The SMILES string of the molecule is Cc1ccc(N2C(=O)C(CC(=O)Nc3ccccc3)N(C3CCCCC3)C2=O)cc1. The second-order valence-electron chi connectivity index (χ2n) is 8.12. The van der Waals surface area contributed by atoms with E-state index in [1.807, 2.05) is 37.3 Å². The molecular formula is C24H27N3O3. The van der Waals surface area contributed by atoms with Crippen LogP contribution in [0.5, 0.6) is 0 Å². The van der Waals surface area contributed by atoms with Crippen molar-refractivity contribution in [2.24, 2.45) is 0 Å². The van der Waals surface area contributed by atoms with Crippen LogP contribution in [-0.2, 0) is 9.59 Å². The Morgan fingerprint density at radius 3 is 2.30 bits per heavy atom. The van der Waals surface area contributed by atoms with E-state index in [-0.39, 0.29) is 30.3 Å². The maximum atomic E-state index is 13.4. The lowest BCUT2D eigenvalue weighted by molar-refractivity contribution is -0.125. The standard InChI is InChI=1S/C24H27N3O3/c1-17-12-14-20(15-13-17)27-23(29)21(16-22(28)25-18-8-4-2-5-9-18)26(24(27)30)19-10-6-3-7-11-19/h2,4-5,8-9,12-15,19,21H,3,6-7,10-11,16H2,1H3,(H,25,28). The van der Waals surface area contributed by atoms with E-state index in [1.165, 1.54) is 4.90 Å². The Bertz CT molecular complexity index is 920. The van der Waals surface area contributed by atoms with E-state index in [1.54, 1.807) is 29.2 Å². The van der Waals surface area contributed by atoms with Crippen molar-refractivity contribution in [2.45, 2.75) is 57.5 Å². The number of rotatable bonds is 5. The summed E-state index contributed by atoms with van der Waals surface area (Å²) in [4.78, 5) is 42.3. The molecular weight excluding hydrogens is 378 g/mol. The molecule has 1 N–H and O–H groups in total. The molecule has 156 valence electrons. The molecule has 1 atom stereocenters. The van der Waals surface area contributed by atoms with E-state index in [4.69, 9.17) is 0 Å². The molecule has 1 saturated carbocycles. The molecule has 6 heteroatoms. The van der Waals surface area contributed by atoms with E-state index in [2.05, 4.69) is 5.32 Å².